The van der Waals surface area contributed by atoms with E-state index in [0.717, 1.165) is 29.5 Å². The number of nitriles is 1. The molecule has 2 aliphatic heterocycles. The number of nitrogens with one attached hydrogen (secondary N) is 2. The minimum absolute atomic E-state index is 0.104. The van der Waals surface area contributed by atoms with E-state index in [-0.39, 0.29) is 23.7 Å². The Kier molecular flexibility index (Phi) is 6.17. The summed E-state index contributed by atoms with van der Waals surface area (Å²) in [7, 11) is 0. The summed E-state index contributed by atoms with van der Waals surface area (Å²) in [6.45, 7) is 1.31. The van der Waals surface area contributed by atoms with E-state index in [4.69, 9.17) is 21.7 Å². The van der Waals surface area contributed by atoms with Crippen LogP contribution in [0.1, 0.15) is 47.6 Å². The number of rotatable bonds is 4. The zero-order valence-electron chi connectivity index (χ0n) is 16.7. The number of halogens is 1. The van der Waals surface area contributed by atoms with Gasteiger partial charge in [-0.2, -0.15) is 5.26 Å². The van der Waals surface area contributed by atoms with Crippen molar-refractivity contribution >= 4 is 23.2 Å². The average molecular weight is 422 g/mol. The van der Waals surface area contributed by atoms with Gasteiger partial charge in [0.15, 0.2) is 0 Å². The lowest BCUT2D eigenvalue weighted by molar-refractivity contribution is -0.124. The molecule has 0 spiro atoms. The number of hydrogen-bond acceptors (Lipinski definition) is 4. The third kappa shape index (κ3) is 4.12. The summed E-state index contributed by atoms with van der Waals surface area (Å²) in [5.41, 5.74) is 3.28. The van der Waals surface area contributed by atoms with Gasteiger partial charge in [0.25, 0.3) is 0 Å². The van der Waals surface area contributed by atoms with Crippen LogP contribution in [0.3, 0.4) is 0 Å². The third-order valence-electron chi connectivity index (χ3n) is 6.13. The Balaban J connectivity index is 1.55. The molecular formula is C24H24ClN3O2. The van der Waals surface area contributed by atoms with Gasteiger partial charge in [-0.3, -0.25) is 10.2 Å². The van der Waals surface area contributed by atoms with Gasteiger partial charge in [-0.05, 0) is 41.5 Å². The van der Waals surface area contributed by atoms with Crippen molar-refractivity contribution in [2.45, 2.75) is 31.7 Å². The predicted octanol–water partition coefficient (Wildman–Crippen LogP) is 4.43. The molecule has 0 radical (unpaired) electrons. The highest BCUT2D eigenvalue weighted by molar-refractivity contribution is 6.32. The first kappa shape index (κ1) is 20.6. The van der Waals surface area contributed by atoms with Gasteiger partial charge in [0.1, 0.15) is 11.6 Å². The number of benzene rings is 2. The number of nitrogens with zero attached hydrogens (tertiary/aromatic N) is 1. The highest BCUT2D eigenvalue weighted by Crippen LogP contribution is 2.36. The lowest BCUT2D eigenvalue weighted by Crippen LogP contribution is -2.48. The van der Waals surface area contributed by atoms with Gasteiger partial charge < -0.3 is 10.1 Å². The molecule has 2 aromatic rings. The Morgan fingerprint density at radius 3 is 2.60 bits per heavy atom. The molecule has 2 atom stereocenters. The molecule has 2 aliphatic rings. The second-order valence-electron chi connectivity index (χ2n) is 7.97. The van der Waals surface area contributed by atoms with Gasteiger partial charge in [0.05, 0.1) is 23.6 Å². The summed E-state index contributed by atoms with van der Waals surface area (Å²) in [6, 6.07) is 15.2. The molecule has 2 N–H and O–H groups in total. The van der Waals surface area contributed by atoms with E-state index in [1.807, 2.05) is 36.4 Å². The fraction of sp³-hybridized carbons (Fsp3) is 0.375. The summed E-state index contributed by atoms with van der Waals surface area (Å²) in [5.74, 6) is 0.206. The van der Waals surface area contributed by atoms with Gasteiger partial charge in [-0.1, -0.05) is 48.0 Å². The molecule has 0 aromatic heterocycles. The lowest BCUT2D eigenvalue weighted by Gasteiger charge is -2.36. The van der Waals surface area contributed by atoms with E-state index in [0.29, 0.717) is 42.5 Å². The number of ketones is 1. The molecule has 2 heterocycles. The number of hydrogen-bond donors (Lipinski definition) is 2. The first-order valence-electron chi connectivity index (χ1n) is 10.3. The maximum Gasteiger partial charge on any atom is 0.146 e. The standard InChI is InChI=1S/C24H24ClN3O2/c25-23-17(12-16-4-1-2-5-18(16)14-26)6-3-7-19(23)20-13-21(29)22(24(27)28-20)15-8-10-30-11-9-15/h1-7,15,20,22H,8-13H2,(H2,27,28). The zero-order chi connectivity index (χ0) is 21.1. The maximum atomic E-state index is 13.0. The van der Waals surface area contributed by atoms with Crippen molar-refractivity contribution < 1.29 is 9.53 Å². The normalized spacial score (nSPS) is 22.4. The van der Waals surface area contributed by atoms with Crippen molar-refractivity contribution in [1.82, 2.24) is 5.32 Å². The Labute approximate surface area is 181 Å². The Morgan fingerprint density at radius 2 is 1.87 bits per heavy atom. The van der Waals surface area contributed by atoms with Gasteiger partial charge in [0.2, 0.25) is 0 Å². The van der Waals surface area contributed by atoms with Crippen molar-refractivity contribution in [2.75, 3.05) is 13.2 Å². The molecule has 5 nitrogen and oxygen atoms in total. The first-order chi connectivity index (χ1) is 14.6. The average Bonchev–Trinajstić information content (AvgIpc) is 2.76. The second kappa shape index (κ2) is 8.99. The Bertz CT molecular complexity index is 990. The molecule has 0 bridgehead atoms. The highest BCUT2D eigenvalue weighted by Gasteiger charge is 2.39. The number of amidine groups is 1. The zero-order valence-corrected chi connectivity index (χ0v) is 17.4. The monoisotopic (exact) mass is 421 g/mol. The molecule has 4 rings (SSSR count). The van der Waals surface area contributed by atoms with Crippen LogP contribution in [0.2, 0.25) is 5.02 Å². The fourth-order valence-electron chi connectivity index (χ4n) is 4.55. The van der Waals surface area contributed by atoms with E-state index < -0.39 is 0 Å². The van der Waals surface area contributed by atoms with E-state index >= 15 is 0 Å². The largest absolute Gasteiger partial charge is 0.381 e. The van der Waals surface area contributed by atoms with Gasteiger partial charge in [-0.15, -0.1) is 0 Å². The van der Waals surface area contributed by atoms with Gasteiger partial charge >= 0.3 is 0 Å². The number of Topliss-reactive ketones (excluding diaryl/α,β-unsaturated/α-hetero) is 1. The molecule has 154 valence electrons. The van der Waals surface area contributed by atoms with Crippen LogP contribution < -0.4 is 5.32 Å². The predicted molar refractivity (Wildman–Crippen MR) is 116 cm³/mol. The third-order valence-corrected chi connectivity index (χ3v) is 6.59. The number of carbonyl (C=O) groups is 1. The topological polar surface area (TPSA) is 86.0 Å². The van der Waals surface area contributed by atoms with Crippen LogP contribution in [-0.4, -0.2) is 24.8 Å². The minimum Gasteiger partial charge on any atom is -0.381 e. The van der Waals surface area contributed by atoms with Crippen LogP contribution in [0.5, 0.6) is 0 Å². The quantitative estimate of drug-likeness (QED) is 0.764. The summed E-state index contributed by atoms with van der Waals surface area (Å²) in [6.07, 6.45) is 2.50. The van der Waals surface area contributed by atoms with Crippen molar-refractivity contribution in [2.24, 2.45) is 11.8 Å². The lowest BCUT2D eigenvalue weighted by atomic mass is 9.77. The number of ether oxygens (including phenoxy) is 1. The van der Waals surface area contributed by atoms with Crippen molar-refractivity contribution in [3.8, 4) is 6.07 Å². The van der Waals surface area contributed by atoms with Crippen LogP contribution in [0, 0.1) is 28.6 Å². The van der Waals surface area contributed by atoms with Crippen molar-refractivity contribution in [1.29, 1.82) is 10.7 Å². The van der Waals surface area contributed by atoms with Gasteiger partial charge in [0, 0.05) is 31.1 Å². The smallest absolute Gasteiger partial charge is 0.146 e. The summed E-state index contributed by atoms with van der Waals surface area (Å²) in [4.78, 5) is 13.0. The second-order valence-corrected chi connectivity index (χ2v) is 8.35. The van der Waals surface area contributed by atoms with Crippen LogP contribution in [0.25, 0.3) is 0 Å². The highest BCUT2D eigenvalue weighted by atomic mass is 35.5. The molecule has 2 aromatic carbocycles. The summed E-state index contributed by atoms with van der Waals surface area (Å²) in [5, 5.41) is 21.7. The Morgan fingerprint density at radius 1 is 1.13 bits per heavy atom. The van der Waals surface area contributed by atoms with Crippen LogP contribution in [0.4, 0.5) is 0 Å². The number of piperidine rings is 1. The molecule has 2 unspecified atom stereocenters. The van der Waals surface area contributed by atoms with Crippen LogP contribution in [0.15, 0.2) is 42.5 Å². The molecule has 0 aliphatic carbocycles. The Hall–Kier alpha value is -2.68. The van der Waals surface area contributed by atoms with Crippen molar-refractivity contribution in [3.05, 3.63) is 69.7 Å². The molecule has 30 heavy (non-hydrogen) atoms. The molecule has 0 amide bonds. The van der Waals surface area contributed by atoms with Crippen LogP contribution >= 0.6 is 11.6 Å². The van der Waals surface area contributed by atoms with Crippen molar-refractivity contribution in [3.63, 3.8) is 0 Å². The minimum atomic E-state index is -0.366. The molecule has 6 heteroatoms. The molecular weight excluding hydrogens is 398 g/mol. The molecule has 2 fully saturated rings. The van der Waals surface area contributed by atoms with E-state index in [1.54, 1.807) is 6.07 Å². The van der Waals surface area contributed by atoms with Crippen LogP contribution in [-0.2, 0) is 16.0 Å². The van der Waals surface area contributed by atoms with E-state index in [2.05, 4.69) is 11.4 Å². The fourth-order valence-corrected chi connectivity index (χ4v) is 4.87. The molecule has 0 saturated carbocycles. The maximum absolute atomic E-state index is 13.0. The summed E-state index contributed by atoms with van der Waals surface area (Å²) < 4.78 is 5.41. The number of carbonyl (C=O) groups excluding carboxylic acids is 1. The SMILES string of the molecule is N#Cc1ccccc1Cc1cccc(C2CC(=O)C(C3CCOCC3)C(=N)N2)c1Cl. The molecule has 2 saturated heterocycles. The van der Waals surface area contributed by atoms with Gasteiger partial charge in [-0.25, -0.2) is 0 Å². The summed E-state index contributed by atoms with van der Waals surface area (Å²) >= 11 is 6.75. The first-order valence-corrected chi connectivity index (χ1v) is 10.7. The van der Waals surface area contributed by atoms with E-state index in [1.165, 1.54) is 0 Å². The van der Waals surface area contributed by atoms with E-state index in [9.17, 15) is 10.1 Å².